The molecule has 1 aromatic rings. The third kappa shape index (κ3) is 4.78. The van der Waals surface area contributed by atoms with Crippen molar-refractivity contribution in [3.05, 3.63) is 33.8 Å². The minimum atomic E-state index is -4.19. The molecule has 1 amide bonds. The van der Waals surface area contributed by atoms with Crippen LogP contribution in [0.5, 0.6) is 0 Å². The van der Waals surface area contributed by atoms with Gasteiger partial charge in [-0.05, 0) is 37.0 Å². The molecule has 0 aromatic heterocycles. The maximum Gasteiger partial charge on any atom is 0.391 e. The lowest BCUT2D eigenvalue weighted by atomic mass is 9.85. The van der Waals surface area contributed by atoms with E-state index in [0.29, 0.717) is 28.5 Å². The van der Waals surface area contributed by atoms with Gasteiger partial charge in [0.25, 0.3) is 0 Å². The SMILES string of the molecule is O=C(Cc1ccc(Cl)cc1Cl)NC1CCCC(C(F)(F)F)C1. The van der Waals surface area contributed by atoms with Crippen LogP contribution in [0.1, 0.15) is 31.2 Å². The average Bonchev–Trinajstić information content (AvgIpc) is 2.41. The Hall–Kier alpha value is -0.940. The van der Waals surface area contributed by atoms with E-state index in [1.165, 1.54) is 6.07 Å². The molecule has 1 saturated carbocycles. The van der Waals surface area contributed by atoms with Crippen LogP contribution in [0, 0.1) is 5.92 Å². The zero-order chi connectivity index (χ0) is 16.3. The molecule has 0 spiro atoms. The summed E-state index contributed by atoms with van der Waals surface area (Å²) < 4.78 is 38.2. The summed E-state index contributed by atoms with van der Waals surface area (Å²) in [5, 5.41) is 3.52. The highest BCUT2D eigenvalue weighted by Gasteiger charge is 2.42. The van der Waals surface area contributed by atoms with Crippen LogP contribution >= 0.6 is 23.2 Å². The van der Waals surface area contributed by atoms with Crippen LogP contribution < -0.4 is 5.32 Å². The number of nitrogens with one attached hydrogen (secondary N) is 1. The second kappa shape index (κ2) is 7.09. The molecule has 2 atom stereocenters. The van der Waals surface area contributed by atoms with E-state index in [9.17, 15) is 18.0 Å². The van der Waals surface area contributed by atoms with E-state index in [1.807, 2.05) is 0 Å². The van der Waals surface area contributed by atoms with Crippen molar-refractivity contribution in [1.82, 2.24) is 5.32 Å². The van der Waals surface area contributed by atoms with Gasteiger partial charge in [0.05, 0.1) is 12.3 Å². The Morgan fingerprint density at radius 2 is 2.00 bits per heavy atom. The summed E-state index contributed by atoms with van der Waals surface area (Å²) >= 11 is 11.8. The predicted molar refractivity (Wildman–Crippen MR) is 80.1 cm³/mol. The smallest absolute Gasteiger partial charge is 0.353 e. The lowest BCUT2D eigenvalue weighted by Gasteiger charge is -2.31. The summed E-state index contributed by atoms with van der Waals surface area (Å²) in [5.41, 5.74) is 0.603. The monoisotopic (exact) mass is 353 g/mol. The van der Waals surface area contributed by atoms with Gasteiger partial charge in [-0.15, -0.1) is 0 Å². The fourth-order valence-electron chi connectivity index (χ4n) is 2.73. The van der Waals surface area contributed by atoms with Gasteiger partial charge in [0.1, 0.15) is 0 Å². The van der Waals surface area contributed by atoms with Crippen LogP contribution in [0.2, 0.25) is 10.0 Å². The first kappa shape index (κ1) is 17.4. The van der Waals surface area contributed by atoms with Gasteiger partial charge in [0, 0.05) is 16.1 Å². The van der Waals surface area contributed by atoms with Gasteiger partial charge >= 0.3 is 6.18 Å². The maximum atomic E-state index is 12.7. The largest absolute Gasteiger partial charge is 0.391 e. The molecule has 1 aromatic carbocycles. The fourth-order valence-corrected chi connectivity index (χ4v) is 3.21. The van der Waals surface area contributed by atoms with Gasteiger partial charge in [0.2, 0.25) is 5.91 Å². The van der Waals surface area contributed by atoms with Crippen LogP contribution in [0.15, 0.2) is 18.2 Å². The minimum absolute atomic E-state index is 0.0309. The summed E-state index contributed by atoms with van der Waals surface area (Å²) in [4.78, 5) is 12.0. The predicted octanol–water partition coefficient (Wildman–Crippen LogP) is 4.77. The Kier molecular flexibility index (Phi) is 5.61. The van der Waals surface area contributed by atoms with Crippen molar-refractivity contribution in [3.8, 4) is 0 Å². The number of benzene rings is 1. The number of rotatable bonds is 3. The zero-order valence-electron chi connectivity index (χ0n) is 11.7. The Balaban J connectivity index is 1.91. The molecule has 0 heterocycles. The van der Waals surface area contributed by atoms with Gasteiger partial charge in [0.15, 0.2) is 0 Å². The third-order valence-electron chi connectivity index (χ3n) is 3.87. The molecule has 1 aliphatic carbocycles. The lowest BCUT2D eigenvalue weighted by molar-refractivity contribution is -0.184. The van der Waals surface area contributed by atoms with Crippen molar-refractivity contribution < 1.29 is 18.0 Å². The number of alkyl halides is 3. The van der Waals surface area contributed by atoms with Crippen molar-refractivity contribution in [1.29, 1.82) is 0 Å². The molecule has 22 heavy (non-hydrogen) atoms. The number of carbonyl (C=O) groups excluding carboxylic acids is 1. The Labute approximate surface area is 137 Å². The van der Waals surface area contributed by atoms with Crippen molar-refractivity contribution >= 4 is 29.1 Å². The van der Waals surface area contributed by atoms with Crippen LogP contribution in [-0.4, -0.2) is 18.1 Å². The molecule has 1 fully saturated rings. The summed E-state index contributed by atoms with van der Waals surface area (Å²) in [6, 6.07) is 4.37. The standard InChI is InChI=1S/C15H16Cl2F3NO/c16-11-5-4-9(13(17)8-11)6-14(22)21-12-3-1-2-10(7-12)15(18,19)20/h4-5,8,10,12H,1-3,6-7H2,(H,21,22). The highest BCUT2D eigenvalue weighted by atomic mass is 35.5. The summed E-state index contributed by atoms with van der Waals surface area (Å²) in [7, 11) is 0. The molecule has 1 N–H and O–H groups in total. The average molecular weight is 354 g/mol. The fraction of sp³-hybridized carbons (Fsp3) is 0.533. The zero-order valence-corrected chi connectivity index (χ0v) is 13.2. The topological polar surface area (TPSA) is 29.1 Å². The van der Waals surface area contributed by atoms with Gasteiger partial charge < -0.3 is 5.32 Å². The molecular weight excluding hydrogens is 338 g/mol. The highest BCUT2D eigenvalue weighted by molar-refractivity contribution is 6.35. The molecule has 122 valence electrons. The van der Waals surface area contributed by atoms with E-state index >= 15 is 0 Å². The highest BCUT2D eigenvalue weighted by Crippen LogP contribution is 2.37. The molecule has 2 rings (SSSR count). The summed E-state index contributed by atoms with van der Waals surface area (Å²) in [6.07, 6.45) is -3.03. The van der Waals surface area contributed by atoms with Crippen LogP contribution in [0.25, 0.3) is 0 Å². The van der Waals surface area contributed by atoms with E-state index < -0.39 is 18.1 Å². The van der Waals surface area contributed by atoms with E-state index in [4.69, 9.17) is 23.2 Å². The second-order valence-corrected chi connectivity index (χ2v) is 6.43. The van der Waals surface area contributed by atoms with E-state index in [0.717, 1.165) is 0 Å². The Morgan fingerprint density at radius 3 is 2.64 bits per heavy atom. The summed E-state index contributed by atoms with van der Waals surface area (Å²) in [6.45, 7) is 0. The number of hydrogen-bond acceptors (Lipinski definition) is 1. The first-order chi connectivity index (χ1) is 10.3. The maximum absolute atomic E-state index is 12.7. The third-order valence-corrected chi connectivity index (χ3v) is 4.46. The first-order valence-corrected chi connectivity index (χ1v) is 7.81. The van der Waals surface area contributed by atoms with Crippen molar-refractivity contribution in [2.24, 2.45) is 5.92 Å². The van der Waals surface area contributed by atoms with Crippen molar-refractivity contribution in [2.45, 2.75) is 44.3 Å². The van der Waals surface area contributed by atoms with Crippen molar-refractivity contribution in [3.63, 3.8) is 0 Å². The molecule has 1 aliphatic rings. The molecule has 0 aliphatic heterocycles. The molecule has 0 radical (unpaired) electrons. The number of amides is 1. The van der Waals surface area contributed by atoms with Crippen LogP contribution in [0.3, 0.4) is 0 Å². The molecule has 2 nitrogen and oxygen atoms in total. The molecular formula is C15H16Cl2F3NO. The number of halogens is 5. The quantitative estimate of drug-likeness (QED) is 0.832. The Bertz CT molecular complexity index is 548. The minimum Gasteiger partial charge on any atom is -0.353 e. The van der Waals surface area contributed by atoms with Crippen molar-refractivity contribution in [2.75, 3.05) is 0 Å². The van der Waals surface area contributed by atoms with Gasteiger partial charge in [-0.1, -0.05) is 35.7 Å². The van der Waals surface area contributed by atoms with Gasteiger partial charge in [-0.2, -0.15) is 13.2 Å². The van der Waals surface area contributed by atoms with E-state index in [2.05, 4.69) is 5.32 Å². The first-order valence-electron chi connectivity index (χ1n) is 7.05. The molecule has 2 unspecified atom stereocenters. The molecule has 0 saturated heterocycles. The number of hydrogen-bond donors (Lipinski definition) is 1. The van der Waals surface area contributed by atoms with Gasteiger partial charge in [-0.25, -0.2) is 0 Å². The van der Waals surface area contributed by atoms with Crippen LogP contribution in [0.4, 0.5) is 13.2 Å². The van der Waals surface area contributed by atoms with Crippen LogP contribution in [-0.2, 0) is 11.2 Å². The van der Waals surface area contributed by atoms with E-state index in [1.54, 1.807) is 12.1 Å². The summed E-state index contributed by atoms with van der Waals surface area (Å²) in [5.74, 6) is -1.65. The second-order valence-electron chi connectivity index (χ2n) is 5.58. The Morgan fingerprint density at radius 1 is 1.27 bits per heavy atom. The van der Waals surface area contributed by atoms with Gasteiger partial charge in [-0.3, -0.25) is 4.79 Å². The normalized spacial score (nSPS) is 22.4. The van der Waals surface area contributed by atoms with E-state index in [-0.39, 0.29) is 25.2 Å². The molecule has 7 heteroatoms. The number of carbonyl (C=O) groups is 1. The lowest BCUT2D eigenvalue weighted by Crippen LogP contribution is -2.42. The molecule has 0 bridgehead atoms.